The Morgan fingerprint density at radius 2 is 1.59 bits per heavy atom. The molecule has 0 amide bonds. The Labute approximate surface area is 136 Å². The summed E-state index contributed by atoms with van der Waals surface area (Å²) in [6.07, 6.45) is 5.93. The molecule has 0 unspecified atom stereocenters. The number of carbonyl (C=O) groups is 1. The smallest absolute Gasteiger partial charge is 0.307 e. The minimum Gasteiger partial charge on any atom is -0.465 e. The highest BCUT2D eigenvalue weighted by Crippen LogP contribution is 2.32. The number of hydrogen-bond acceptors (Lipinski definition) is 4. The maximum absolute atomic E-state index is 11.7. The molecule has 0 saturated carbocycles. The number of esters is 1. The summed E-state index contributed by atoms with van der Waals surface area (Å²) in [5.74, 6) is 2.24. The van der Waals surface area contributed by atoms with E-state index in [9.17, 15) is 4.79 Å². The van der Waals surface area contributed by atoms with E-state index in [1.807, 2.05) is 0 Å². The highest BCUT2D eigenvalue weighted by molar-refractivity contribution is 5.69. The normalized spacial score (nSPS) is 23.1. The number of carbonyl (C=O) groups excluding carboxylic acids is 1. The van der Waals surface area contributed by atoms with Gasteiger partial charge in [-0.05, 0) is 76.7 Å². The molecular formula is C18H34N2O2. The fourth-order valence-corrected chi connectivity index (χ4v) is 3.73. The fourth-order valence-electron chi connectivity index (χ4n) is 3.73. The van der Waals surface area contributed by atoms with Gasteiger partial charge in [0.05, 0.1) is 13.0 Å². The van der Waals surface area contributed by atoms with Crippen molar-refractivity contribution in [3.8, 4) is 0 Å². The highest BCUT2D eigenvalue weighted by Gasteiger charge is 2.28. The summed E-state index contributed by atoms with van der Waals surface area (Å²) in [5, 5.41) is 0. The zero-order valence-electron chi connectivity index (χ0n) is 14.7. The monoisotopic (exact) mass is 310 g/mol. The van der Waals surface area contributed by atoms with Crippen molar-refractivity contribution in [2.75, 3.05) is 46.4 Å². The SMILES string of the molecule is CC(C)COC(=O)CCN1CCC(C2CCN(C)CC2)CC1. The Balaban J connectivity index is 1.60. The van der Waals surface area contributed by atoms with E-state index in [1.165, 1.54) is 38.8 Å². The van der Waals surface area contributed by atoms with Gasteiger partial charge < -0.3 is 14.5 Å². The maximum atomic E-state index is 11.7. The highest BCUT2D eigenvalue weighted by atomic mass is 16.5. The number of rotatable bonds is 6. The third-order valence-electron chi connectivity index (χ3n) is 5.27. The molecule has 2 saturated heterocycles. The van der Waals surface area contributed by atoms with Gasteiger partial charge in [-0.1, -0.05) is 13.8 Å². The number of ether oxygens (including phenoxy) is 1. The predicted octanol–water partition coefficient (Wildman–Crippen LogP) is 2.63. The summed E-state index contributed by atoms with van der Waals surface area (Å²) < 4.78 is 5.25. The van der Waals surface area contributed by atoms with Crippen LogP contribution in [-0.4, -0.2) is 62.1 Å². The Morgan fingerprint density at radius 3 is 2.14 bits per heavy atom. The van der Waals surface area contributed by atoms with E-state index in [1.54, 1.807) is 0 Å². The van der Waals surface area contributed by atoms with Gasteiger partial charge in [0.15, 0.2) is 0 Å². The second-order valence-electron chi connectivity index (χ2n) is 7.65. The number of hydrogen-bond donors (Lipinski definition) is 0. The van der Waals surface area contributed by atoms with Crippen LogP contribution in [0.2, 0.25) is 0 Å². The zero-order chi connectivity index (χ0) is 15.9. The molecule has 22 heavy (non-hydrogen) atoms. The third kappa shape index (κ3) is 5.88. The first-order valence-electron chi connectivity index (χ1n) is 9.11. The molecule has 0 bridgehead atoms. The maximum Gasteiger partial charge on any atom is 0.307 e. The van der Waals surface area contributed by atoms with Gasteiger partial charge in [0.1, 0.15) is 0 Å². The summed E-state index contributed by atoms with van der Waals surface area (Å²) in [7, 11) is 2.23. The van der Waals surface area contributed by atoms with Crippen molar-refractivity contribution in [1.29, 1.82) is 0 Å². The summed E-state index contributed by atoms with van der Waals surface area (Å²) in [6.45, 7) is 10.4. The van der Waals surface area contributed by atoms with Gasteiger partial charge in [0.2, 0.25) is 0 Å². The topological polar surface area (TPSA) is 32.8 Å². The quantitative estimate of drug-likeness (QED) is 0.706. The van der Waals surface area contributed by atoms with Crippen molar-refractivity contribution in [1.82, 2.24) is 9.80 Å². The molecule has 2 fully saturated rings. The molecule has 2 aliphatic heterocycles. The first-order valence-corrected chi connectivity index (χ1v) is 9.11. The Bertz CT molecular complexity index is 330. The van der Waals surface area contributed by atoms with Crippen LogP contribution in [0.5, 0.6) is 0 Å². The molecule has 4 heteroatoms. The van der Waals surface area contributed by atoms with E-state index in [0.717, 1.165) is 31.5 Å². The van der Waals surface area contributed by atoms with Gasteiger partial charge in [-0.15, -0.1) is 0 Å². The standard InChI is InChI=1S/C18H34N2O2/c1-15(2)14-22-18(21)8-13-20-11-6-17(7-12-20)16-4-9-19(3)10-5-16/h15-17H,4-14H2,1-3H3. The predicted molar refractivity (Wildman–Crippen MR) is 89.8 cm³/mol. The molecule has 0 N–H and O–H groups in total. The number of piperidine rings is 2. The van der Waals surface area contributed by atoms with Crippen LogP contribution in [0.3, 0.4) is 0 Å². The Hall–Kier alpha value is -0.610. The lowest BCUT2D eigenvalue weighted by Gasteiger charge is -2.39. The van der Waals surface area contributed by atoms with Gasteiger partial charge >= 0.3 is 5.97 Å². The van der Waals surface area contributed by atoms with E-state index < -0.39 is 0 Å². The van der Waals surface area contributed by atoms with Crippen molar-refractivity contribution in [3.05, 3.63) is 0 Å². The summed E-state index contributed by atoms with van der Waals surface area (Å²) >= 11 is 0. The minimum atomic E-state index is -0.0360. The van der Waals surface area contributed by atoms with Crippen LogP contribution in [0.25, 0.3) is 0 Å². The molecular weight excluding hydrogens is 276 g/mol. The van der Waals surface area contributed by atoms with Crippen LogP contribution in [0.15, 0.2) is 0 Å². The minimum absolute atomic E-state index is 0.0360. The molecule has 0 aromatic heterocycles. The lowest BCUT2D eigenvalue weighted by Crippen LogP contribution is -2.40. The Kier molecular flexibility index (Phi) is 7.16. The van der Waals surface area contributed by atoms with Crippen LogP contribution in [0.4, 0.5) is 0 Å². The Morgan fingerprint density at radius 1 is 1.05 bits per heavy atom. The second kappa shape index (κ2) is 8.88. The van der Waals surface area contributed by atoms with Crippen LogP contribution in [-0.2, 0) is 9.53 Å². The second-order valence-corrected chi connectivity index (χ2v) is 7.65. The first-order chi connectivity index (χ1) is 10.5. The third-order valence-corrected chi connectivity index (χ3v) is 5.27. The zero-order valence-corrected chi connectivity index (χ0v) is 14.7. The molecule has 0 radical (unpaired) electrons. The average Bonchev–Trinajstić information content (AvgIpc) is 2.52. The van der Waals surface area contributed by atoms with Crippen LogP contribution >= 0.6 is 0 Å². The molecule has 0 aliphatic carbocycles. The largest absolute Gasteiger partial charge is 0.465 e. The first kappa shape index (κ1) is 17.7. The molecule has 0 atom stereocenters. The molecule has 0 aromatic rings. The van der Waals surface area contributed by atoms with E-state index in [-0.39, 0.29) is 5.97 Å². The van der Waals surface area contributed by atoms with E-state index in [4.69, 9.17) is 4.74 Å². The van der Waals surface area contributed by atoms with Gasteiger partial charge in [-0.2, -0.15) is 0 Å². The van der Waals surface area contributed by atoms with Crippen LogP contribution in [0, 0.1) is 17.8 Å². The average molecular weight is 310 g/mol. The number of nitrogens with zero attached hydrogens (tertiary/aromatic N) is 2. The summed E-state index contributed by atoms with van der Waals surface area (Å²) in [5.41, 5.74) is 0. The fraction of sp³-hybridized carbons (Fsp3) is 0.944. The van der Waals surface area contributed by atoms with Crippen LogP contribution in [0.1, 0.15) is 46.0 Å². The van der Waals surface area contributed by atoms with Gasteiger partial charge in [0.25, 0.3) is 0 Å². The van der Waals surface area contributed by atoms with Gasteiger partial charge in [-0.3, -0.25) is 4.79 Å². The van der Waals surface area contributed by atoms with Crippen molar-refractivity contribution in [2.24, 2.45) is 17.8 Å². The summed E-state index contributed by atoms with van der Waals surface area (Å²) in [4.78, 5) is 16.6. The van der Waals surface area contributed by atoms with E-state index in [0.29, 0.717) is 18.9 Å². The van der Waals surface area contributed by atoms with Crippen LogP contribution < -0.4 is 0 Å². The van der Waals surface area contributed by atoms with Crippen molar-refractivity contribution < 1.29 is 9.53 Å². The summed E-state index contributed by atoms with van der Waals surface area (Å²) in [6, 6.07) is 0. The lowest BCUT2D eigenvalue weighted by atomic mass is 9.79. The molecule has 2 heterocycles. The molecule has 128 valence electrons. The van der Waals surface area contributed by atoms with E-state index >= 15 is 0 Å². The van der Waals surface area contributed by atoms with Crippen molar-refractivity contribution in [3.63, 3.8) is 0 Å². The van der Waals surface area contributed by atoms with Gasteiger partial charge in [-0.25, -0.2) is 0 Å². The van der Waals surface area contributed by atoms with E-state index in [2.05, 4.69) is 30.7 Å². The molecule has 0 spiro atoms. The number of likely N-dealkylation sites (tertiary alicyclic amines) is 2. The van der Waals surface area contributed by atoms with Crippen molar-refractivity contribution >= 4 is 5.97 Å². The van der Waals surface area contributed by atoms with Gasteiger partial charge in [0, 0.05) is 6.54 Å². The molecule has 0 aromatic carbocycles. The van der Waals surface area contributed by atoms with Crippen molar-refractivity contribution in [2.45, 2.75) is 46.0 Å². The molecule has 2 rings (SSSR count). The molecule has 4 nitrogen and oxygen atoms in total. The lowest BCUT2D eigenvalue weighted by molar-refractivity contribution is -0.145. The molecule has 2 aliphatic rings.